The first-order chi connectivity index (χ1) is 24.5. The minimum atomic E-state index is 0.269. The molecule has 50 heavy (non-hydrogen) atoms. The fourth-order valence-electron chi connectivity index (χ4n) is 5.81. The highest BCUT2D eigenvalue weighted by Crippen LogP contribution is 2.34. The molecular formula is C36H29N9O5. The molecule has 0 saturated heterocycles. The molecule has 14 heteroatoms. The summed E-state index contributed by atoms with van der Waals surface area (Å²) in [5.74, 6) is 2.98. The zero-order valence-electron chi connectivity index (χ0n) is 27.4. The lowest BCUT2D eigenvalue weighted by molar-refractivity contribution is 0.391. The van der Waals surface area contributed by atoms with E-state index in [2.05, 4.69) is 21.8 Å². The number of rotatable bonds is 5. The number of aliphatic imine (C=N–C) groups is 1. The third-order valence-corrected chi connectivity index (χ3v) is 8.29. The van der Waals surface area contributed by atoms with Gasteiger partial charge < -0.3 is 27.0 Å². The van der Waals surface area contributed by atoms with E-state index in [4.69, 9.17) is 52.0 Å². The predicted molar refractivity (Wildman–Crippen MR) is 180 cm³/mol. The molecule has 9 heterocycles. The lowest BCUT2D eigenvalue weighted by Gasteiger charge is -2.08. The van der Waals surface area contributed by atoms with E-state index in [0.717, 1.165) is 24.4 Å². The molecule has 0 atom stereocenters. The summed E-state index contributed by atoms with van der Waals surface area (Å²) >= 11 is 0. The number of pyridine rings is 2. The molecule has 7 aromatic heterocycles. The molecule has 0 aromatic carbocycles. The van der Waals surface area contributed by atoms with E-state index >= 15 is 0 Å². The summed E-state index contributed by atoms with van der Waals surface area (Å²) in [5.41, 5.74) is 6.22. The van der Waals surface area contributed by atoms with Crippen LogP contribution in [0.2, 0.25) is 0 Å². The van der Waals surface area contributed by atoms with Crippen LogP contribution in [0, 0.1) is 0 Å². The molecule has 0 amide bonds. The number of allylic oxidation sites excluding steroid dienone is 1. The zero-order valence-corrected chi connectivity index (χ0v) is 27.4. The normalized spacial score (nSPS) is 13.4. The van der Waals surface area contributed by atoms with Crippen LogP contribution in [0.15, 0.2) is 88.3 Å². The second-order valence-electron chi connectivity index (χ2n) is 12.2. The van der Waals surface area contributed by atoms with Gasteiger partial charge in [-0.1, -0.05) is 19.1 Å². The Balaban J connectivity index is 1.19. The molecule has 16 bridgehead atoms. The molecular weight excluding hydrogens is 638 g/mol. The van der Waals surface area contributed by atoms with Gasteiger partial charge in [-0.3, -0.25) is 0 Å². The second-order valence-corrected chi connectivity index (χ2v) is 12.2. The van der Waals surface area contributed by atoms with E-state index in [1.165, 1.54) is 12.5 Å². The van der Waals surface area contributed by atoms with Crippen molar-refractivity contribution in [1.29, 1.82) is 0 Å². The largest absolute Gasteiger partial charge is 0.443 e. The molecule has 0 aliphatic carbocycles. The third kappa shape index (κ3) is 5.35. The van der Waals surface area contributed by atoms with Crippen LogP contribution in [-0.4, -0.2) is 66.1 Å². The lowest BCUT2D eigenvalue weighted by Crippen LogP contribution is -2.16. The highest BCUT2D eigenvalue weighted by atomic mass is 16.4. The third-order valence-electron chi connectivity index (χ3n) is 8.29. The van der Waals surface area contributed by atoms with Gasteiger partial charge in [0.25, 0.3) is 0 Å². The van der Waals surface area contributed by atoms with E-state index in [9.17, 15) is 0 Å². The Morgan fingerprint density at radius 1 is 0.580 bits per heavy atom. The van der Waals surface area contributed by atoms with Crippen molar-refractivity contribution in [2.24, 2.45) is 4.99 Å². The second kappa shape index (κ2) is 12.0. The molecule has 0 radical (unpaired) electrons. The van der Waals surface area contributed by atoms with E-state index < -0.39 is 0 Å². The van der Waals surface area contributed by atoms with Crippen molar-refractivity contribution in [2.75, 3.05) is 20.6 Å². The Morgan fingerprint density at radius 3 is 1.86 bits per heavy atom. The van der Waals surface area contributed by atoms with Crippen molar-refractivity contribution < 1.29 is 22.1 Å². The van der Waals surface area contributed by atoms with Crippen LogP contribution < -0.4 is 0 Å². The lowest BCUT2D eigenvalue weighted by atomic mass is 10.1. The average Bonchev–Trinajstić information content (AvgIpc) is 3.97. The van der Waals surface area contributed by atoms with Crippen LogP contribution >= 0.6 is 0 Å². The molecule has 9 rings (SSSR count). The van der Waals surface area contributed by atoms with Gasteiger partial charge in [-0.25, -0.2) is 39.9 Å². The summed E-state index contributed by atoms with van der Waals surface area (Å²) in [6, 6.07) is 11.1. The molecule has 0 spiro atoms. The highest BCUT2D eigenvalue weighted by molar-refractivity contribution is 6.06. The standard InChI is InChI=1S/C36H29N9O5/c1-4-7-28-31-36-42-27(18-48-36)33-41-26(17-47-33)20-9-5-10-22(37-20)34-43-30(29(50-34)14-15-45(2)3)21-12-13-24(39-21)32-40-25(16-46-32)19-8-6-11-23(38-19)35(44-31)49-28/h5-6,8-11,13,16-18H,4,7,12,14-15H2,1-3H3. The summed E-state index contributed by atoms with van der Waals surface area (Å²) in [4.78, 5) is 40.4. The molecule has 0 unspecified atom stereocenters. The van der Waals surface area contributed by atoms with Crippen molar-refractivity contribution in [1.82, 2.24) is 39.8 Å². The van der Waals surface area contributed by atoms with Crippen LogP contribution in [0.25, 0.3) is 74.8 Å². The first-order valence-electron chi connectivity index (χ1n) is 16.2. The molecule has 0 saturated carbocycles. The number of oxazole rings is 5. The summed E-state index contributed by atoms with van der Waals surface area (Å²) in [6.45, 7) is 2.82. The fraction of sp³-hybridized carbons (Fsp3) is 0.222. The maximum atomic E-state index is 6.37. The van der Waals surface area contributed by atoms with Gasteiger partial charge in [-0.15, -0.1) is 0 Å². The van der Waals surface area contributed by atoms with E-state index in [1.54, 1.807) is 6.26 Å². The molecule has 7 aromatic rings. The zero-order chi connectivity index (χ0) is 33.8. The Hall–Kier alpha value is -6.28. The van der Waals surface area contributed by atoms with E-state index in [-0.39, 0.29) is 11.8 Å². The van der Waals surface area contributed by atoms with Crippen LogP contribution in [-0.2, 0) is 12.8 Å². The minimum absolute atomic E-state index is 0.269. The quantitative estimate of drug-likeness (QED) is 0.183. The Morgan fingerprint density at radius 2 is 1.16 bits per heavy atom. The summed E-state index contributed by atoms with van der Waals surface area (Å²) in [7, 11) is 4.03. The van der Waals surface area contributed by atoms with Crippen LogP contribution in [0.4, 0.5) is 0 Å². The molecule has 0 N–H and O–H groups in total. The Kier molecular flexibility index (Phi) is 7.16. The number of likely N-dealkylation sites (N-methyl/N-ethyl adjacent to an activating group) is 1. The fourth-order valence-corrected chi connectivity index (χ4v) is 5.81. The number of nitrogens with zero attached hydrogens (tertiary/aromatic N) is 9. The van der Waals surface area contributed by atoms with Gasteiger partial charge in [0, 0.05) is 25.8 Å². The van der Waals surface area contributed by atoms with Gasteiger partial charge in [0.05, 0.1) is 17.1 Å². The maximum Gasteiger partial charge on any atom is 0.249 e. The van der Waals surface area contributed by atoms with Crippen LogP contribution in [0.1, 0.15) is 42.9 Å². The van der Waals surface area contributed by atoms with Crippen LogP contribution in [0.5, 0.6) is 0 Å². The average molecular weight is 668 g/mol. The van der Waals surface area contributed by atoms with Crippen molar-refractivity contribution in [3.05, 3.63) is 84.4 Å². The van der Waals surface area contributed by atoms with Gasteiger partial charge in [0.15, 0.2) is 11.4 Å². The van der Waals surface area contributed by atoms with Crippen molar-refractivity contribution in [2.45, 2.75) is 32.6 Å². The number of fused-ring (bicyclic) bond motifs is 23. The van der Waals surface area contributed by atoms with Crippen molar-refractivity contribution in [3.63, 3.8) is 0 Å². The van der Waals surface area contributed by atoms with Gasteiger partial charge in [0.1, 0.15) is 64.5 Å². The van der Waals surface area contributed by atoms with Gasteiger partial charge in [0.2, 0.25) is 29.5 Å². The highest BCUT2D eigenvalue weighted by Gasteiger charge is 2.26. The molecule has 2 aliphatic heterocycles. The van der Waals surface area contributed by atoms with Crippen LogP contribution in [0.3, 0.4) is 0 Å². The van der Waals surface area contributed by atoms with Gasteiger partial charge in [-0.2, -0.15) is 0 Å². The van der Waals surface area contributed by atoms with Gasteiger partial charge in [-0.05, 0) is 50.9 Å². The smallest absolute Gasteiger partial charge is 0.249 e. The SMILES string of the molecule is CCCc1oc2nc1-c1nc(co1)-c1nc(co1)-c1cccc(n1)-c1nc(c(CCN(C)C)o1)C1=NC(=CC1)c1nc(co1)-c1cccc-2n1. The summed E-state index contributed by atoms with van der Waals surface area (Å²) < 4.78 is 30.3. The molecule has 2 aliphatic rings. The summed E-state index contributed by atoms with van der Waals surface area (Å²) in [5, 5.41) is 0. The van der Waals surface area contributed by atoms with E-state index in [1.807, 2.05) is 56.6 Å². The maximum absolute atomic E-state index is 6.37. The Bertz CT molecular complexity index is 2440. The predicted octanol–water partition coefficient (Wildman–Crippen LogP) is 7.02. The first kappa shape index (κ1) is 29.8. The van der Waals surface area contributed by atoms with Crippen molar-refractivity contribution in [3.8, 4) is 69.1 Å². The minimum Gasteiger partial charge on any atom is -0.443 e. The number of hydrogen-bond acceptors (Lipinski definition) is 14. The number of hydrogen-bond donors (Lipinski definition) is 0. The summed E-state index contributed by atoms with van der Waals surface area (Å²) in [6.07, 6.45) is 9.17. The topological polar surface area (TPSA) is 172 Å². The first-order valence-corrected chi connectivity index (χ1v) is 16.2. The number of aromatic nitrogens is 7. The van der Waals surface area contributed by atoms with Gasteiger partial charge >= 0.3 is 0 Å². The Labute approximate surface area is 284 Å². The molecule has 248 valence electrons. The molecule has 14 nitrogen and oxygen atoms in total. The number of aryl methyl sites for hydroxylation is 1. The van der Waals surface area contributed by atoms with Crippen molar-refractivity contribution >= 4 is 11.4 Å². The molecule has 0 fully saturated rings. The monoisotopic (exact) mass is 667 g/mol. The van der Waals surface area contributed by atoms with E-state index in [0.29, 0.717) is 99.6 Å².